The van der Waals surface area contributed by atoms with Gasteiger partial charge in [-0.1, -0.05) is 55.8 Å². The molecule has 2 aromatic carbocycles. The van der Waals surface area contributed by atoms with Crippen LogP contribution in [-0.4, -0.2) is 33.6 Å². The third-order valence-electron chi connectivity index (χ3n) is 6.09. The Hall–Kier alpha value is -3.75. The number of halogens is 1. The van der Waals surface area contributed by atoms with Crippen molar-refractivity contribution < 1.29 is 9.59 Å². The summed E-state index contributed by atoms with van der Waals surface area (Å²) < 4.78 is 1.34. The number of hydrogen-bond donors (Lipinski definition) is 2. The number of nitrogens with two attached hydrogens (primary N) is 1. The second-order valence-electron chi connectivity index (χ2n) is 8.49. The number of nitrogens with one attached hydrogen (secondary N) is 1. The Morgan fingerprint density at radius 2 is 1.81 bits per heavy atom. The predicted molar refractivity (Wildman–Crippen MR) is 150 cm³/mol. The summed E-state index contributed by atoms with van der Waals surface area (Å²) in [7, 11) is 0. The van der Waals surface area contributed by atoms with Crippen molar-refractivity contribution in [3.63, 3.8) is 0 Å². The quantitative estimate of drug-likeness (QED) is 0.221. The van der Waals surface area contributed by atoms with Gasteiger partial charge in [0.25, 0.3) is 11.8 Å². The molecule has 0 atom stereocenters. The molecule has 4 aromatic rings. The van der Waals surface area contributed by atoms with Crippen LogP contribution in [0.5, 0.6) is 0 Å². The molecule has 0 saturated heterocycles. The second-order valence-corrected chi connectivity index (χ2v) is 9.78. The van der Waals surface area contributed by atoms with Gasteiger partial charge in [0.2, 0.25) is 5.96 Å². The number of rotatable bonds is 8. The lowest BCUT2D eigenvalue weighted by atomic mass is 9.97. The van der Waals surface area contributed by atoms with Crippen molar-refractivity contribution in [2.75, 3.05) is 0 Å². The van der Waals surface area contributed by atoms with E-state index in [0.29, 0.717) is 10.6 Å². The normalized spacial score (nSPS) is 11.6. The molecule has 190 valence electrons. The molecule has 3 N–H and O–H groups in total. The van der Waals surface area contributed by atoms with Crippen LogP contribution < -0.4 is 11.1 Å². The van der Waals surface area contributed by atoms with Crippen LogP contribution in [0, 0.1) is 0 Å². The first-order valence-corrected chi connectivity index (χ1v) is 13.3. The summed E-state index contributed by atoms with van der Waals surface area (Å²) in [4.78, 5) is 30.6. The van der Waals surface area contributed by atoms with Crippen molar-refractivity contribution in [2.24, 2.45) is 10.7 Å². The fourth-order valence-electron chi connectivity index (χ4n) is 4.01. The zero-order chi connectivity index (χ0) is 26.4. The van der Waals surface area contributed by atoms with Crippen LogP contribution in [0.3, 0.4) is 0 Å². The van der Waals surface area contributed by atoms with Crippen LogP contribution in [0.25, 0.3) is 21.6 Å². The summed E-state index contributed by atoms with van der Waals surface area (Å²) in [5.74, 6) is -0.497. The van der Waals surface area contributed by atoms with Gasteiger partial charge < -0.3 is 11.1 Å². The van der Waals surface area contributed by atoms with E-state index < -0.39 is 5.91 Å². The van der Waals surface area contributed by atoms with Crippen LogP contribution in [0.4, 0.5) is 0 Å². The van der Waals surface area contributed by atoms with Gasteiger partial charge in [-0.3, -0.25) is 9.59 Å². The minimum absolute atomic E-state index is 0.00102. The third kappa shape index (κ3) is 6.15. The molecular weight excluding hydrogens is 506 g/mol. The molecule has 0 aliphatic rings. The van der Waals surface area contributed by atoms with E-state index >= 15 is 0 Å². The maximum absolute atomic E-state index is 13.0. The van der Waals surface area contributed by atoms with Crippen LogP contribution in [0.1, 0.15) is 42.6 Å². The monoisotopic (exact) mass is 533 g/mol. The second kappa shape index (κ2) is 12.0. The topological polar surface area (TPSA) is 102 Å². The Kier molecular flexibility index (Phi) is 8.53. The lowest BCUT2D eigenvalue weighted by molar-refractivity contribution is -0.117. The van der Waals surface area contributed by atoms with Gasteiger partial charge in [-0.05, 0) is 59.2 Å². The Bertz CT molecular complexity index is 1410. The predicted octanol–water partition coefficient (Wildman–Crippen LogP) is 5.78. The fourth-order valence-corrected chi connectivity index (χ4v) is 5.35. The molecular formula is C28H28ClN5O2S. The Balaban J connectivity index is 1.68. The van der Waals surface area contributed by atoms with Crippen molar-refractivity contribution in [1.82, 2.24) is 15.1 Å². The SMILES string of the molecule is CCC(CC)NC(=O)c1ccc(-c2scc(-c3ccccc3Cl)c2CC(=O)N=C(N)n2cccn2)cc1. The first-order chi connectivity index (χ1) is 17.9. The standard InChI is InChI=1S/C28H28ClN5O2S/c1-3-20(4-2)32-27(36)19-12-10-18(11-13-19)26-22(16-25(35)33-28(30)34-15-7-14-31-34)23(17-37-26)21-8-5-6-9-24(21)29/h5-15,17,20H,3-4,16H2,1-2H3,(H,32,36)(H2,30,33,35). The first-order valence-electron chi connectivity index (χ1n) is 12.0. The highest BCUT2D eigenvalue weighted by Crippen LogP contribution is 2.41. The highest BCUT2D eigenvalue weighted by molar-refractivity contribution is 7.14. The molecule has 0 saturated carbocycles. The number of nitrogens with zero attached hydrogens (tertiary/aromatic N) is 3. The fraction of sp³-hybridized carbons (Fsp3) is 0.214. The van der Waals surface area contributed by atoms with Gasteiger partial charge in [-0.25, -0.2) is 4.68 Å². The zero-order valence-electron chi connectivity index (χ0n) is 20.6. The smallest absolute Gasteiger partial charge is 0.253 e. The molecule has 2 aromatic heterocycles. The van der Waals surface area contributed by atoms with Crippen molar-refractivity contribution in [3.05, 3.63) is 88.5 Å². The van der Waals surface area contributed by atoms with E-state index in [4.69, 9.17) is 17.3 Å². The van der Waals surface area contributed by atoms with E-state index in [1.54, 1.807) is 30.6 Å². The average molecular weight is 534 g/mol. The highest BCUT2D eigenvalue weighted by Gasteiger charge is 2.20. The van der Waals surface area contributed by atoms with Gasteiger partial charge in [-0.2, -0.15) is 10.1 Å². The molecule has 0 bridgehead atoms. The summed E-state index contributed by atoms with van der Waals surface area (Å²) in [5.41, 5.74) is 9.95. The largest absolute Gasteiger partial charge is 0.368 e. The molecule has 7 nitrogen and oxygen atoms in total. The maximum atomic E-state index is 13.0. The summed E-state index contributed by atoms with van der Waals surface area (Å²) in [6.07, 6.45) is 4.97. The number of thiophene rings is 1. The molecule has 2 heterocycles. The van der Waals surface area contributed by atoms with E-state index in [2.05, 4.69) is 29.3 Å². The number of carbonyl (C=O) groups is 2. The molecule has 9 heteroatoms. The minimum Gasteiger partial charge on any atom is -0.368 e. The average Bonchev–Trinajstić information content (AvgIpc) is 3.58. The van der Waals surface area contributed by atoms with Gasteiger partial charge in [0.1, 0.15) is 0 Å². The molecule has 0 radical (unpaired) electrons. The Morgan fingerprint density at radius 1 is 1.08 bits per heavy atom. The molecule has 0 fully saturated rings. The molecule has 0 spiro atoms. The molecule has 37 heavy (non-hydrogen) atoms. The summed E-state index contributed by atoms with van der Waals surface area (Å²) in [5, 5.41) is 9.67. The number of hydrogen-bond acceptors (Lipinski definition) is 4. The van der Waals surface area contributed by atoms with E-state index in [0.717, 1.165) is 40.0 Å². The van der Waals surface area contributed by atoms with Crippen LogP contribution >= 0.6 is 22.9 Å². The Morgan fingerprint density at radius 3 is 2.46 bits per heavy atom. The third-order valence-corrected chi connectivity index (χ3v) is 7.50. The van der Waals surface area contributed by atoms with Crippen molar-refractivity contribution in [3.8, 4) is 21.6 Å². The van der Waals surface area contributed by atoms with E-state index in [1.807, 2.05) is 41.8 Å². The minimum atomic E-state index is -0.401. The molecule has 0 aliphatic heterocycles. The number of aromatic nitrogens is 2. The van der Waals surface area contributed by atoms with Gasteiger partial charge >= 0.3 is 0 Å². The van der Waals surface area contributed by atoms with Crippen LogP contribution in [0.2, 0.25) is 5.02 Å². The Labute approximate surface area is 225 Å². The summed E-state index contributed by atoms with van der Waals surface area (Å²) in [6.45, 7) is 4.11. The van der Waals surface area contributed by atoms with Crippen molar-refractivity contribution >= 4 is 40.7 Å². The summed E-state index contributed by atoms with van der Waals surface area (Å²) in [6, 6.07) is 16.8. The van der Waals surface area contributed by atoms with Gasteiger partial charge in [0.15, 0.2) is 0 Å². The zero-order valence-corrected chi connectivity index (χ0v) is 22.2. The van der Waals surface area contributed by atoms with Crippen molar-refractivity contribution in [1.29, 1.82) is 0 Å². The number of carbonyl (C=O) groups excluding carboxylic acids is 2. The first kappa shape index (κ1) is 26.3. The van der Waals surface area contributed by atoms with Gasteiger partial charge in [-0.15, -0.1) is 11.3 Å². The van der Waals surface area contributed by atoms with Crippen LogP contribution in [0.15, 0.2) is 77.4 Å². The van der Waals surface area contributed by atoms with E-state index in [-0.39, 0.29) is 24.3 Å². The summed E-state index contributed by atoms with van der Waals surface area (Å²) >= 11 is 8.03. The molecule has 4 rings (SSSR count). The lowest BCUT2D eigenvalue weighted by Crippen LogP contribution is -2.33. The van der Waals surface area contributed by atoms with E-state index in [1.165, 1.54) is 16.0 Å². The lowest BCUT2D eigenvalue weighted by Gasteiger charge is -2.15. The van der Waals surface area contributed by atoms with Gasteiger partial charge in [0.05, 0.1) is 6.42 Å². The van der Waals surface area contributed by atoms with E-state index in [9.17, 15) is 9.59 Å². The van der Waals surface area contributed by atoms with Crippen molar-refractivity contribution in [2.45, 2.75) is 39.2 Å². The van der Waals surface area contributed by atoms with Gasteiger partial charge in [0, 0.05) is 39.5 Å². The maximum Gasteiger partial charge on any atom is 0.253 e. The van der Waals surface area contributed by atoms with Crippen LogP contribution in [-0.2, 0) is 11.2 Å². The highest BCUT2D eigenvalue weighted by atomic mass is 35.5. The number of benzene rings is 2. The molecule has 2 amide bonds. The number of amides is 2. The number of aliphatic imine (C=N–C) groups is 1. The molecule has 0 unspecified atom stereocenters. The molecule has 0 aliphatic carbocycles.